The van der Waals surface area contributed by atoms with Gasteiger partial charge in [-0.2, -0.15) is 25.3 Å². The Morgan fingerprint density at radius 1 is 0.453 bits per heavy atom. The fourth-order valence-corrected chi connectivity index (χ4v) is 8.71. The van der Waals surface area contributed by atoms with Crippen molar-refractivity contribution >= 4 is 53.9 Å². The number of fused-ring (bicyclic) bond motifs is 7. The summed E-state index contributed by atoms with van der Waals surface area (Å²) in [4.78, 5) is 30.0. The predicted octanol–water partition coefficient (Wildman–Crippen LogP) is 2.63. The standard InChI is InChI=1S/C40H27NO20S3/c42-20-5-1-17(2-6-20)9-10-41-37-33(18-3-7-25(43)30(11-18)59-62(50,51)52)39(48)23-14-28(46)27(45)13-21(23)35(37)36-22-16-32(61-64(56,57)58)29(47)15-24(22)40(49)34(38(36)41)19-4-8-26(44)31(12-19)60-63(53,54)55/h1-8,11-16,42-47H,9-10H2,(H,50,51,52)(H,53,54,55)(H,56,57,58). The van der Waals surface area contributed by atoms with Crippen LogP contribution in [0.15, 0.2) is 84.9 Å². The highest BCUT2D eigenvalue weighted by molar-refractivity contribution is 7.81. The summed E-state index contributed by atoms with van der Waals surface area (Å²) in [6.07, 6.45) is 0.00338. The summed E-state index contributed by atoms with van der Waals surface area (Å²) in [5.74, 6) is -8.97. The number of carbonyl (C=O) groups is 2. The third kappa shape index (κ3) is 7.87. The molecule has 0 bridgehead atoms. The minimum absolute atomic E-state index is 0.00338. The molecule has 2 aliphatic carbocycles. The first-order chi connectivity index (χ1) is 29.9. The van der Waals surface area contributed by atoms with Gasteiger partial charge in [-0.05, 0) is 94.9 Å². The van der Waals surface area contributed by atoms with Crippen molar-refractivity contribution < 1.29 is 91.7 Å². The summed E-state index contributed by atoms with van der Waals surface area (Å²) < 4.78 is 115. The van der Waals surface area contributed by atoms with Crippen molar-refractivity contribution in [3.63, 3.8) is 0 Å². The third-order valence-electron chi connectivity index (χ3n) is 10.1. The van der Waals surface area contributed by atoms with Crippen LogP contribution in [0, 0.1) is 0 Å². The van der Waals surface area contributed by atoms with Gasteiger partial charge in [0.15, 0.2) is 57.6 Å². The molecule has 21 nitrogen and oxygen atoms in total. The number of nitrogens with zero attached hydrogens (tertiary/aromatic N) is 1. The SMILES string of the molecule is O=C1C(c2ccc(O)c(OS(=O)(=O)O)c2)=c2c(c3c(n2CCc2ccc(O)cc2)=C(c2ccc(O)c(OS(=O)(=O)O)c2)C(=O)c2cc(O)c(OS(=O)(=O)O)cc2-3)-c2cc(O)c(O)cc21. The van der Waals surface area contributed by atoms with Gasteiger partial charge in [0.25, 0.3) is 0 Å². The first-order valence-corrected chi connectivity index (χ1v) is 22.0. The molecule has 330 valence electrons. The molecule has 0 unspecified atom stereocenters. The molecule has 0 amide bonds. The van der Waals surface area contributed by atoms with Crippen LogP contribution >= 0.6 is 0 Å². The number of aryl methyl sites for hydroxylation is 1. The summed E-state index contributed by atoms with van der Waals surface area (Å²) >= 11 is 0. The summed E-state index contributed by atoms with van der Waals surface area (Å²) in [5.41, 5.74) is -2.12. The van der Waals surface area contributed by atoms with Gasteiger partial charge in [0.1, 0.15) is 5.75 Å². The largest absolute Gasteiger partial charge is 0.508 e. The minimum atomic E-state index is -5.36. The molecule has 9 N–H and O–H groups in total. The molecule has 8 rings (SSSR count). The monoisotopic (exact) mass is 937 g/mol. The summed E-state index contributed by atoms with van der Waals surface area (Å²) in [6.45, 7) is -0.254. The molecular weight excluding hydrogens is 911 g/mol. The van der Waals surface area contributed by atoms with Crippen LogP contribution in [0.3, 0.4) is 0 Å². The quantitative estimate of drug-likeness (QED) is 0.0666. The number of phenols is 6. The minimum Gasteiger partial charge on any atom is -0.508 e. The van der Waals surface area contributed by atoms with Crippen LogP contribution in [0.4, 0.5) is 0 Å². The molecule has 5 aromatic carbocycles. The van der Waals surface area contributed by atoms with Crippen LogP contribution in [0.25, 0.3) is 33.4 Å². The molecule has 0 radical (unpaired) electrons. The Labute approximate surface area is 359 Å². The van der Waals surface area contributed by atoms with Crippen LogP contribution in [-0.4, -0.2) is 85.7 Å². The Morgan fingerprint density at radius 3 is 1.28 bits per heavy atom. The fraction of sp³-hybridized carbons (Fsp3) is 0.0500. The Balaban J connectivity index is 1.65. The molecule has 64 heavy (non-hydrogen) atoms. The van der Waals surface area contributed by atoms with Gasteiger partial charge in [-0.25, -0.2) is 0 Å². The van der Waals surface area contributed by atoms with Crippen molar-refractivity contribution in [1.29, 1.82) is 0 Å². The van der Waals surface area contributed by atoms with Crippen LogP contribution in [0.5, 0.6) is 51.7 Å². The summed E-state index contributed by atoms with van der Waals surface area (Å²) in [7, 11) is -16.0. The molecule has 1 heterocycles. The number of Topliss-reactive ketones (excluding diaryl/α,β-unsaturated/α-hetero) is 2. The molecule has 0 fully saturated rings. The van der Waals surface area contributed by atoms with E-state index < -0.39 is 99.9 Å². The number of rotatable bonds is 11. The van der Waals surface area contributed by atoms with Crippen LogP contribution in [0.2, 0.25) is 0 Å². The first kappa shape index (κ1) is 43.1. The number of aromatic hydroxyl groups is 6. The van der Waals surface area contributed by atoms with Gasteiger partial charge < -0.3 is 47.8 Å². The number of carbonyl (C=O) groups excluding carboxylic acids is 2. The molecule has 24 heteroatoms. The zero-order valence-electron chi connectivity index (χ0n) is 31.7. The Bertz CT molecular complexity index is 3540. The van der Waals surface area contributed by atoms with E-state index in [-0.39, 0.29) is 73.9 Å². The summed E-state index contributed by atoms with van der Waals surface area (Å²) in [6, 6.07) is 15.1. The molecule has 1 aromatic heterocycles. The van der Waals surface area contributed by atoms with Gasteiger partial charge in [0, 0.05) is 28.8 Å². The van der Waals surface area contributed by atoms with E-state index >= 15 is 4.79 Å². The van der Waals surface area contributed by atoms with Gasteiger partial charge in [0.05, 0.1) is 21.8 Å². The number of aromatic nitrogens is 1. The van der Waals surface area contributed by atoms with Gasteiger partial charge in [-0.3, -0.25) is 23.2 Å². The zero-order chi connectivity index (χ0) is 46.4. The van der Waals surface area contributed by atoms with Crippen LogP contribution in [0.1, 0.15) is 37.4 Å². The topological polar surface area (TPSA) is 351 Å². The van der Waals surface area contributed by atoms with Crippen LogP contribution < -0.4 is 23.2 Å². The number of benzene rings is 5. The molecular formula is C40H27NO20S3. The predicted molar refractivity (Wildman–Crippen MR) is 218 cm³/mol. The van der Waals surface area contributed by atoms with Crippen molar-refractivity contribution in [2.24, 2.45) is 0 Å². The molecule has 0 aliphatic heterocycles. The normalized spacial score (nSPS) is 13.5. The van der Waals surface area contributed by atoms with E-state index in [1.807, 2.05) is 0 Å². The Kier molecular flexibility index (Phi) is 10.1. The molecule has 0 atom stereocenters. The highest BCUT2D eigenvalue weighted by Crippen LogP contribution is 2.47. The maximum absolute atomic E-state index is 15.0. The van der Waals surface area contributed by atoms with E-state index in [0.717, 1.165) is 60.7 Å². The average Bonchev–Trinajstić information content (AvgIpc) is 3.51. The molecule has 6 aromatic rings. The average molecular weight is 938 g/mol. The van der Waals surface area contributed by atoms with Gasteiger partial charge in [0.2, 0.25) is 0 Å². The highest BCUT2D eigenvalue weighted by Gasteiger charge is 2.39. The van der Waals surface area contributed by atoms with Gasteiger partial charge in [-0.1, -0.05) is 24.3 Å². The zero-order valence-corrected chi connectivity index (χ0v) is 34.1. The van der Waals surface area contributed by atoms with E-state index in [4.69, 9.17) is 0 Å². The maximum Gasteiger partial charge on any atom is 0.446 e. The fourth-order valence-electron chi connectivity index (χ4n) is 7.62. The Hall–Kier alpha value is -7.61. The highest BCUT2D eigenvalue weighted by atomic mass is 32.3. The second-order valence-corrected chi connectivity index (χ2v) is 17.1. The molecule has 0 saturated carbocycles. The van der Waals surface area contributed by atoms with E-state index in [1.165, 1.54) is 28.8 Å². The second-order valence-electron chi connectivity index (χ2n) is 14.1. The van der Waals surface area contributed by atoms with Crippen molar-refractivity contribution in [3.05, 3.63) is 123 Å². The van der Waals surface area contributed by atoms with Crippen molar-refractivity contribution in [1.82, 2.24) is 4.57 Å². The number of ketones is 2. The third-order valence-corrected chi connectivity index (χ3v) is 11.2. The number of hydrogen-bond acceptors (Lipinski definition) is 17. The lowest BCUT2D eigenvalue weighted by Crippen LogP contribution is -2.36. The lowest BCUT2D eigenvalue weighted by atomic mass is 9.79. The second kappa shape index (κ2) is 15.0. The summed E-state index contributed by atoms with van der Waals surface area (Å²) in [5, 5.41) is 63.4. The van der Waals surface area contributed by atoms with Gasteiger partial charge in [-0.15, -0.1) is 0 Å². The smallest absolute Gasteiger partial charge is 0.446 e. The van der Waals surface area contributed by atoms with E-state index in [9.17, 15) is 74.3 Å². The van der Waals surface area contributed by atoms with Crippen LogP contribution in [-0.2, 0) is 44.2 Å². The van der Waals surface area contributed by atoms with Gasteiger partial charge >= 0.3 is 31.2 Å². The Morgan fingerprint density at radius 2 is 0.844 bits per heavy atom. The number of hydrogen-bond donors (Lipinski definition) is 9. The van der Waals surface area contributed by atoms with E-state index in [1.54, 1.807) is 0 Å². The maximum atomic E-state index is 15.0. The lowest BCUT2D eigenvalue weighted by molar-refractivity contribution is 0.104. The molecule has 0 spiro atoms. The van der Waals surface area contributed by atoms with Crippen molar-refractivity contribution in [3.8, 4) is 74.0 Å². The van der Waals surface area contributed by atoms with Crippen molar-refractivity contribution in [2.45, 2.75) is 13.0 Å². The number of phenolic OH excluding ortho intramolecular Hbond substituents is 6. The molecule has 2 aliphatic rings. The first-order valence-electron chi connectivity index (χ1n) is 17.9. The lowest BCUT2D eigenvalue weighted by Gasteiger charge is -2.22. The van der Waals surface area contributed by atoms with Crippen molar-refractivity contribution in [2.75, 3.05) is 0 Å². The van der Waals surface area contributed by atoms with E-state index in [0.29, 0.717) is 5.56 Å². The molecule has 0 saturated heterocycles. The van der Waals surface area contributed by atoms with E-state index in [2.05, 4.69) is 12.5 Å².